The molecule has 0 aromatic heterocycles. The molecule has 0 saturated heterocycles. The Labute approximate surface area is 79.0 Å². The van der Waals surface area contributed by atoms with Gasteiger partial charge < -0.3 is 0 Å². The minimum absolute atomic E-state index is 0.0476. The first-order valence-corrected chi connectivity index (χ1v) is 6.86. The fourth-order valence-corrected chi connectivity index (χ4v) is 3.71. The third-order valence-corrected chi connectivity index (χ3v) is 4.15. The van der Waals surface area contributed by atoms with E-state index in [1.54, 1.807) is 5.19 Å². The van der Waals surface area contributed by atoms with Crippen LogP contribution >= 0.6 is 15.9 Å². The standard InChI is InChI=1S/C9H13BrSi/c10-7-4-8-11-9-5-2-1-3-6-9/h1-3,5-6H,4,7-8,11H2. The highest BCUT2D eigenvalue weighted by atomic mass is 79.9. The van der Waals surface area contributed by atoms with Crippen LogP contribution in [0.2, 0.25) is 6.04 Å². The van der Waals surface area contributed by atoms with Gasteiger partial charge in [-0.05, 0) is 6.42 Å². The van der Waals surface area contributed by atoms with Crippen LogP contribution in [0.4, 0.5) is 0 Å². The molecule has 0 spiro atoms. The average Bonchev–Trinajstić information content (AvgIpc) is 2.07. The summed E-state index contributed by atoms with van der Waals surface area (Å²) in [5.74, 6) is 0. The highest BCUT2D eigenvalue weighted by Gasteiger charge is 1.90. The fourth-order valence-electron chi connectivity index (χ4n) is 1.07. The first-order valence-electron chi connectivity index (χ1n) is 4.03. The summed E-state index contributed by atoms with van der Waals surface area (Å²) in [7, 11) is 0.0476. The van der Waals surface area contributed by atoms with Gasteiger partial charge in [0.05, 0.1) is 9.52 Å². The summed E-state index contributed by atoms with van der Waals surface area (Å²) in [6.07, 6.45) is 1.33. The van der Waals surface area contributed by atoms with Crippen LogP contribution in [0.15, 0.2) is 30.3 Å². The molecule has 1 rings (SSSR count). The molecule has 0 aliphatic carbocycles. The lowest BCUT2D eigenvalue weighted by Crippen LogP contribution is -2.12. The van der Waals surface area contributed by atoms with Crippen LogP contribution in [0.1, 0.15) is 6.42 Å². The summed E-state index contributed by atoms with van der Waals surface area (Å²) < 4.78 is 0. The van der Waals surface area contributed by atoms with Crippen molar-refractivity contribution in [1.82, 2.24) is 0 Å². The van der Waals surface area contributed by atoms with E-state index in [9.17, 15) is 0 Å². The molecule has 1 aromatic rings. The van der Waals surface area contributed by atoms with E-state index in [2.05, 4.69) is 46.3 Å². The Kier molecular flexibility index (Phi) is 4.55. The second kappa shape index (κ2) is 5.55. The van der Waals surface area contributed by atoms with Crippen molar-refractivity contribution in [3.8, 4) is 0 Å². The first-order chi connectivity index (χ1) is 5.43. The lowest BCUT2D eigenvalue weighted by molar-refractivity contribution is 1.11. The summed E-state index contributed by atoms with van der Waals surface area (Å²) in [4.78, 5) is 0. The predicted molar refractivity (Wildman–Crippen MR) is 57.8 cm³/mol. The molecule has 0 saturated carbocycles. The number of benzene rings is 1. The third-order valence-electron chi connectivity index (χ3n) is 1.69. The van der Waals surface area contributed by atoms with Gasteiger partial charge in [-0.3, -0.25) is 0 Å². The van der Waals surface area contributed by atoms with E-state index in [-0.39, 0.29) is 9.52 Å². The smallest absolute Gasteiger partial charge is 0.0547 e. The van der Waals surface area contributed by atoms with Gasteiger partial charge >= 0.3 is 0 Å². The molecule has 0 atom stereocenters. The zero-order chi connectivity index (χ0) is 7.94. The third kappa shape index (κ3) is 3.73. The van der Waals surface area contributed by atoms with Crippen LogP contribution in [-0.4, -0.2) is 14.8 Å². The summed E-state index contributed by atoms with van der Waals surface area (Å²) in [5, 5.41) is 2.75. The van der Waals surface area contributed by atoms with Crippen molar-refractivity contribution >= 4 is 30.6 Å². The van der Waals surface area contributed by atoms with Crippen LogP contribution in [0.25, 0.3) is 0 Å². The zero-order valence-electron chi connectivity index (χ0n) is 6.59. The van der Waals surface area contributed by atoms with Crippen molar-refractivity contribution in [3.63, 3.8) is 0 Å². The second-order valence-electron chi connectivity index (χ2n) is 2.63. The van der Waals surface area contributed by atoms with Gasteiger partial charge in [0.1, 0.15) is 0 Å². The van der Waals surface area contributed by atoms with Crippen molar-refractivity contribution in [2.24, 2.45) is 0 Å². The normalized spacial score (nSPS) is 11.0. The van der Waals surface area contributed by atoms with Crippen LogP contribution < -0.4 is 5.19 Å². The van der Waals surface area contributed by atoms with Gasteiger partial charge in [-0.15, -0.1) is 0 Å². The van der Waals surface area contributed by atoms with Crippen LogP contribution in [0.3, 0.4) is 0 Å². The van der Waals surface area contributed by atoms with E-state index in [1.165, 1.54) is 12.5 Å². The maximum atomic E-state index is 3.45. The minimum atomic E-state index is 0.0476. The molecule has 0 heterocycles. The number of hydrogen-bond acceptors (Lipinski definition) is 0. The summed E-state index contributed by atoms with van der Waals surface area (Å²) in [6, 6.07) is 12.3. The maximum Gasteiger partial charge on any atom is 0.0547 e. The van der Waals surface area contributed by atoms with Gasteiger partial charge in [0.25, 0.3) is 0 Å². The molecular weight excluding hydrogens is 216 g/mol. The Hall–Kier alpha value is -0.0831. The summed E-state index contributed by atoms with van der Waals surface area (Å²) in [6.45, 7) is 0. The molecule has 0 aliphatic heterocycles. The highest BCUT2D eigenvalue weighted by Crippen LogP contribution is 1.93. The number of alkyl halides is 1. The van der Waals surface area contributed by atoms with Gasteiger partial charge in [-0.25, -0.2) is 0 Å². The van der Waals surface area contributed by atoms with E-state index < -0.39 is 0 Å². The summed E-state index contributed by atoms with van der Waals surface area (Å²) in [5.41, 5.74) is 0. The van der Waals surface area contributed by atoms with Gasteiger partial charge in [0.15, 0.2) is 0 Å². The molecule has 0 N–H and O–H groups in total. The van der Waals surface area contributed by atoms with Crippen molar-refractivity contribution in [2.45, 2.75) is 12.5 Å². The van der Waals surface area contributed by atoms with E-state index in [4.69, 9.17) is 0 Å². The quantitative estimate of drug-likeness (QED) is 0.418. The van der Waals surface area contributed by atoms with Crippen molar-refractivity contribution in [2.75, 3.05) is 5.33 Å². The molecule has 0 unspecified atom stereocenters. The van der Waals surface area contributed by atoms with Crippen molar-refractivity contribution < 1.29 is 0 Å². The molecule has 1 aromatic carbocycles. The van der Waals surface area contributed by atoms with E-state index in [0.717, 1.165) is 5.33 Å². The monoisotopic (exact) mass is 228 g/mol. The predicted octanol–water partition coefficient (Wildman–Crippen LogP) is 1.68. The first kappa shape index (κ1) is 9.01. The fraction of sp³-hybridized carbons (Fsp3) is 0.333. The molecule has 0 nitrogen and oxygen atoms in total. The molecular formula is C9H13BrSi. The largest absolute Gasteiger partial charge is 0.0928 e. The second-order valence-corrected chi connectivity index (χ2v) is 5.45. The summed E-state index contributed by atoms with van der Waals surface area (Å²) >= 11 is 3.45. The van der Waals surface area contributed by atoms with Gasteiger partial charge in [0.2, 0.25) is 0 Å². The van der Waals surface area contributed by atoms with Crippen LogP contribution in [0.5, 0.6) is 0 Å². The Balaban J connectivity index is 2.28. The van der Waals surface area contributed by atoms with Crippen molar-refractivity contribution in [1.29, 1.82) is 0 Å². The van der Waals surface area contributed by atoms with Gasteiger partial charge in [-0.1, -0.05) is 57.5 Å². The number of halogens is 1. The molecule has 0 fully saturated rings. The Morgan fingerprint density at radius 2 is 1.91 bits per heavy atom. The molecule has 0 radical (unpaired) electrons. The molecule has 0 amide bonds. The maximum absolute atomic E-state index is 3.45. The average molecular weight is 229 g/mol. The molecule has 2 heteroatoms. The molecule has 60 valence electrons. The molecule has 11 heavy (non-hydrogen) atoms. The van der Waals surface area contributed by atoms with Crippen LogP contribution in [-0.2, 0) is 0 Å². The number of rotatable bonds is 4. The lowest BCUT2D eigenvalue weighted by atomic mass is 10.4. The zero-order valence-corrected chi connectivity index (χ0v) is 9.59. The van der Waals surface area contributed by atoms with Gasteiger partial charge in [0, 0.05) is 5.33 Å². The van der Waals surface area contributed by atoms with E-state index in [1.807, 2.05) is 0 Å². The lowest BCUT2D eigenvalue weighted by Gasteiger charge is -1.96. The van der Waals surface area contributed by atoms with Crippen LogP contribution in [0, 0.1) is 0 Å². The SMILES string of the molecule is BrCCC[SiH2]c1ccccc1. The Morgan fingerprint density at radius 3 is 2.55 bits per heavy atom. The van der Waals surface area contributed by atoms with Crippen molar-refractivity contribution in [3.05, 3.63) is 30.3 Å². The molecule has 0 bridgehead atoms. The molecule has 0 aliphatic rings. The van der Waals surface area contributed by atoms with E-state index in [0.29, 0.717) is 0 Å². The topological polar surface area (TPSA) is 0 Å². The Bertz CT molecular complexity index is 186. The Morgan fingerprint density at radius 1 is 1.18 bits per heavy atom. The van der Waals surface area contributed by atoms with Gasteiger partial charge in [-0.2, -0.15) is 0 Å². The van der Waals surface area contributed by atoms with E-state index >= 15 is 0 Å². The highest BCUT2D eigenvalue weighted by molar-refractivity contribution is 9.09. The number of hydrogen-bond donors (Lipinski definition) is 0. The minimum Gasteiger partial charge on any atom is -0.0928 e.